The second kappa shape index (κ2) is 8.64. The average Bonchev–Trinajstić information content (AvgIpc) is 2.41. The molecule has 0 aliphatic rings. The lowest BCUT2D eigenvalue weighted by atomic mass is 9.88. The Morgan fingerprint density at radius 1 is 1.39 bits per heavy atom. The van der Waals surface area contributed by atoms with E-state index in [9.17, 15) is 15.0 Å². The minimum Gasteiger partial charge on any atom is -0.391 e. The van der Waals surface area contributed by atoms with Crippen LogP contribution in [0.5, 0.6) is 0 Å². The molecule has 0 bridgehead atoms. The largest absolute Gasteiger partial charge is 0.391 e. The number of benzene rings is 1. The van der Waals surface area contributed by atoms with E-state index in [0.717, 1.165) is 5.56 Å². The van der Waals surface area contributed by atoms with Crippen molar-refractivity contribution in [2.75, 3.05) is 0 Å². The molecule has 1 rings (SSSR count). The van der Waals surface area contributed by atoms with Gasteiger partial charge in [-0.2, -0.15) is 0 Å². The molecular weight excluding hydrogens is 316 g/mol. The molecule has 0 aliphatic heterocycles. The van der Waals surface area contributed by atoms with Gasteiger partial charge >= 0.3 is 0 Å². The third-order valence-corrected chi connectivity index (χ3v) is 4.12. The van der Waals surface area contributed by atoms with Crippen molar-refractivity contribution in [3.63, 3.8) is 0 Å². The number of halogens is 1. The summed E-state index contributed by atoms with van der Waals surface area (Å²) in [5, 5.41) is 20.6. The fourth-order valence-corrected chi connectivity index (χ4v) is 2.66. The van der Waals surface area contributed by atoms with E-state index < -0.39 is 29.6 Å². The van der Waals surface area contributed by atoms with Gasteiger partial charge in [0.25, 0.3) is 0 Å². The quantitative estimate of drug-likeness (QED) is 0.546. The van der Waals surface area contributed by atoms with E-state index in [1.54, 1.807) is 26.0 Å². The monoisotopic (exact) mass is 342 g/mol. The molecule has 6 heteroatoms. The molecule has 0 aliphatic carbocycles. The molecule has 5 nitrogen and oxygen atoms in total. The van der Waals surface area contributed by atoms with Crippen molar-refractivity contribution in [1.82, 2.24) is 0 Å². The highest BCUT2D eigenvalue weighted by Crippen LogP contribution is 2.21. The summed E-state index contributed by atoms with van der Waals surface area (Å²) in [4.78, 5) is 11.5. The number of hydrogen-bond acceptors (Lipinski definition) is 4. The lowest BCUT2D eigenvalue weighted by molar-refractivity contribution is -0.123. The lowest BCUT2D eigenvalue weighted by Crippen LogP contribution is -2.40. The molecule has 0 aromatic heterocycles. The maximum Gasteiger partial charge on any atom is 0.220 e. The van der Waals surface area contributed by atoms with Gasteiger partial charge in [0.05, 0.1) is 11.7 Å². The third kappa shape index (κ3) is 7.79. The number of carbonyl (C=O) groups excluding carboxylic acids is 1. The van der Waals surface area contributed by atoms with E-state index in [2.05, 4.69) is 0 Å². The zero-order valence-corrected chi connectivity index (χ0v) is 14.5. The van der Waals surface area contributed by atoms with Gasteiger partial charge in [0.15, 0.2) is 0 Å². The number of amides is 1. The molecule has 3 atom stereocenters. The molecule has 0 radical (unpaired) electrons. The van der Waals surface area contributed by atoms with Crippen LogP contribution in [-0.2, 0) is 11.2 Å². The summed E-state index contributed by atoms with van der Waals surface area (Å²) in [6, 6.07) is 6.77. The van der Waals surface area contributed by atoms with Crippen LogP contribution in [-0.4, -0.2) is 33.9 Å². The summed E-state index contributed by atoms with van der Waals surface area (Å²) >= 11 is 5.93. The number of rotatable bonds is 9. The van der Waals surface area contributed by atoms with E-state index in [1.165, 1.54) is 0 Å². The fraction of sp³-hybridized carbons (Fsp3) is 0.588. The Hall–Kier alpha value is -1.14. The first-order chi connectivity index (χ1) is 10.6. The molecule has 0 fully saturated rings. The highest BCUT2D eigenvalue weighted by atomic mass is 35.5. The number of aliphatic hydroxyl groups is 2. The van der Waals surface area contributed by atoms with Gasteiger partial charge in [-0.25, -0.2) is 0 Å². The van der Waals surface area contributed by atoms with Gasteiger partial charge in [-0.1, -0.05) is 23.7 Å². The highest BCUT2D eigenvalue weighted by Gasteiger charge is 2.26. The smallest absolute Gasteiger partial charge is 0.220 e. The summed E-state index contributed by atoms with van der Waals surface area (Å²) in [6.45, 7) is 3.35. The van der Waals surface area contributed by atoms with Crippen LogP contribution in [0.3, 0.4) is 0 Å². The molecule has 0 spiro atoms. The van der Waals surface area contributed by atoms with Crippen LogP contribution >= 0.6 is 11.6 Å². The molecule has 0 saturated heterocycles. The van der Waals surface area contributed by atoms with Crippen LogP contribution < -0.4 is 11.5 Å². The Morgan fingerprint density at radius 2 is 2.04 bits per heavy atom. The standard InChI is InChI=1S/C17H27ClN2O3/c1-17(2,23)7-6-12(16(20)22)10-15(21)14(19)9-11-4-3-5-13(18)8-11/h3-5,8,12,14-15,21,23H,6-7,9-10,19H2,1-2H3,(H2,20,22)/t12-,14+,15+/m1/s1. The molecule has 130 valence electrons. The molecule has 1 amide bonds. The number of primary amides is 1. The van der Waals surface area contributed by atoms with Crippen molar-refractivity contribution >= 4 is 17.5 Å². The molecule has 1 aromatic rings. The van der Waals surface area contributed by atoms with E-state index in [4.69, 9.17) is 23.1 Å². The molecule has 23 heavy (non-hydrogen) atoms. The molecule has 1 aromatic carbocycles. The van der Waals surface area contributed by atoms with Crippen LogP contribution in [0.15, 0.2) is 24.3 Å². The SMILES string of the molecule is CC(C)(O)CC[C@H](C[C@H](O)[C@@H](N)Cc1cccc(Cl)c1)C(N)=O. The lowest BCUT2D eigenvalue weighted by Gasteiger charge is -2.25. The summed E-state index contributed by atoms with van der Waals surface area (Å²) < 4.78 is 0. The van der Waals surface area contributed by atoms with Gasteiger partial charge in [-0.15, -0.1) is 0 Å². The Bertz CT molecular complexity index is 517. The van der Waals surface area contributed by atoms with Gasteiger partial charge in [0.2, 0.25) is 5.91 Å². The van der Waals surface area contributed by atoms with Gasteiger partial charge in [0, 0.05) is 17.0 Å². The van der Waals surface area contributed by atoms with E-state index in [0.29, 0.717) is 24.3 Å². The van der Waals surface area contributed by atoms with Crippen molar-refractivity contribution < 1.29 is 15.0 Å². The van der Waals surface area contributed by atoms with E-state index >= 15 is 0 Å². The summed E-state index contributed by atoms with van der Waals surface area (Å²) in [5.41, 5.74) is 11.5. The Kier molecular flexibility index (Phi) is 7.48. The van der Waals surface area contributed by atoms with Crippen LogP contribution in [0.2, 0.25) is 5.02 Å². The Morgan fingerprint density at radius 3 is 2.57 bits per heavy atom. The van der Waals surface area contributed by atoms with E-state index in [1.807, 2.05) is 12.1 Å². The van der Waals surface area contributed by atoms with Gasteiger partial charge in [0.1, 0.15) is 0 Å². The first-order valence-electron chi connectivity index (χ1n) is 7.78. The normalized spacial score (nSPS) is 15.9. The Balaban J connectivity index is 2.59. The van der Waals surface area contributed by atoms with Gasteiger partial charge in [-0.05, 0) is 57.2 Å². The third-order valence-electron chi connectivity index (χ3n) is 3.89. The zero-order chi connectivity index (χ0) is 17.6. The molecule has 0 unspecified atom stereocenters. The van der Waals surface area contributed by atoms with Crippen LogP contribution in [0.25, 0.3) is 0 Å². The summed E-state index contributed by atoms with van der Waals surface area (Å²) in [5.74, 6) is -0.995. The maximum atomic E-state index is 11.5. The summed E-state index contributed by atoms with van der Waals surface area (Å²) in [7, 11) is 0. The van der Waals surface area contributed by atoms with Crippen molar-refractivity contribution in [2.45, 2.75) is 57.3 Å². The first-order valence-corrected chi connectivity index (χ1v) is 8.16. The van der Waals surface area contributed by atoms with Crippen molar-refractivity contribution in [3.05, 3.63) is 34.9 Å². The first kappa shape index (κ1) is 19.9. The second-order valence-corrected chi connectivity index (χ2v) is 7.19. The predicted octanol–water partition coefficient (Wildman–Crippen LogP) is 1.61. The minimum absolute atomic E-state index is 0.188. The second-order valence-electron chi connectivity index (χ2n) is 6.75. The number of hydrogen-bond donors (Lipinski definition) is 4. The topological polar surface area (TPSA) is 110 Å². The van der Waals surface area contributed by atoms with Crippen molar-refractivity contribution in [1.29, 1.82) is 0 Å². The molecule has 0 heterocycles. The van der Waals surface area contributed by atoms with Gasteiger partial charge < -0.3 is 21.7 Å². The zero-order valence-electron chi connectivity index (χ0n) is 13.7. The fourth-order valence-electron chi connectivity index (χ4n) is 2.44. The maximum absolute atomic E-state index is 11.5. The molecule has 0 saturated carbocycles. The van der Waals surface area contributed by atoms with Crippen molar-refractivity contribution in [2.24, 2.45) is 17.4 Å². The highest BCUT2D eigenvalue weighted by molar-refractivity contribution is 6.30. The number of nitrogens with two attached hydrogens (primary N) is 2. The van der Waals surface area contributed by atoms with Gasteiger partial charge in [-0.3, -0.25) is 4.79 Å². The van der Waals surface area contributed by atoms with Crippen molar-refractivity contribution in [3.8, 4) is 0 Å². The molecular formula is C17H27ClN2O3. The summed E-state index contributed by atoms with van der Waals surface area (Å²) in [6.07, 6.45) is 0.635. The number of aliphatic hydroxyl groups excluding tert-OH is 1. The predicted molar refractivity (Wildman–Crippen MR) is 92.0 cm³/mol. The number of carbonyl (C=O) groups is 1. The van der Waals surface area contributed by atoms with E-state index in [-0.39, 0.29) is 6.42 Å². The average molecular weight is 343 g/mol. The minimum atomic E-state index is -0.873. The molecule has 6 N–H and O–H groups in total. The Labute approximate surface area is 142 Å². The van der Waals surface area contributed by atoms with Crippen LogP contribution in [0.4, 0.5) is 0 Å². The van der Waals surface area contributed by atoms with Crippen LogP contribution in [0, 0.1) is 5.92 Å². The van der Waals surface area contributed by atoms with Crippen LogP contribution in [0.1, 0.15) is 38.7 Å².